The molecule has 0 aliphatic carbocycles. The fourth-order valence-corrected chi connectivity index (χ4v) is 3.30. The van der Waals surface area contributed by atoms with E-state index in [-0.39, 0.29) is 17.4 Å². The highest BCUT2D eigenvalue weighted by atomic mass is 32.1. The molecule has 24 heavy (non-hydrogen) atoms. The second kappa shape index (κ2) is 6.88. The molecule has 0 saturated carbocycles. The lowest BCUT2D eigenvalue weighted by molar-refractivity contribution is -0.118. The number of fused-ring (bicyclic) bond motifs is 1. The highest BCUT2D eigenvalue weighted by Gasteiger charge is 2.08. The minimum absolute atomic E-state index is 0.0210. The standard InChI is InChI=1S/C18H18N2O3S/c1-3-12-4-7-14(8-5-12)23-11-17(21)19-13-6-9-15-16(10-13)24-18(22)20(15)2/h4-10H,3,11H2,1-2H3,(H,19,21). The Morgan fingerprint density at radius 2 is 1.96 bits per heavy atom. The summed E-state index contributed by atoms with van der Waals surface area (Å²) in [4.78, 5) is 23.6. The molecule has 2 aromatic carbocycles. The zero-order valence-electron chi connectivity index (χ0n) is 13.5. The molecule has 6 heteroatoms. The van der Waals surface area contributed by atoms with Crippen LogP contribution in [0.4, 0.5) is 5.69 Å². The van der Waals surface area contributed by atoms with Gasteiger partial charge >= 0.3 is 4.87 Å². The molecule has 124 valence electrons. The summed E-state index contributed by atoms with van der Waals surface area (Å²) in [6.45, 7) is 2.03. The quantitative estimate of drug-likeness (QED) is 0.775. The van der Waals surface area contributed by atoms with Gasteiger partial charge in [0, 0.05) is 12.7 Å². The van der Waals surface area contributed by atoms with Crippen molar-refractivity contribution in [2.24, 2.45) is 7.05 Å². The Hall–Kier alpha value is -2.60. The number of aryl methyl sites for hydroxylation is 2. The molecule has 1 heterocycles. The van der Waals surface area contributed by atoms with Crippen LogP contribution in [0.2, 0.25) is 0 Å². The second-order valence-electron chi connectivity index (χ2n) is 5.44. The molecule has 0 bridgehead atoms. The van der Waals surface area contributed by atoms with E-state index < -0.39 is 0 Å². The lowest BCUT2D eigenvalue weighted by Crippen LogP contribution is -2.20. The number of thiazole rings is 1. The van der Waals surface area contributed by atoms with E-state index in [0.717, 1.165) is 28.0 Å². The summed E-state index contributed by atoms with van der Waals surface area (Å²) in [6, 6.07) is 13.1. The Morgan fingerprint density at radius 1 is 1.21 bits per heavy atom. The number of carbonyl (C=O) groups excluding carboxylic acids is 1. The minimum atomic E-state index is -0.239. The molecule has 3 aromatic rings. The number of hydrogen-bond acceptors (Lipinski definition) is 4. The van der Waals surface area contributed by atoms with Crippen molar-refractivity contribution in [3.05, 3.63) is 57.7 Å². The molecular weight excluding hydrogens is 324 g/mol. The van der Waals surface area contributed by atoms with E-state index in [0.29, 0.717) is 11.4 Å². The van der Waals surface area contributed by atoms with E-state index in [9.17, 15) is 9.59 Å². The number of rotatable bonds is 5. The maximum absolute atomic E-state index is 12.0. The Kier molecular flexibility index (Phi) is 4.66. The molecule has 1 aromatic heterocycles. The maximum atomic E-state index is 12.0. The summed E-state index contributed by atoms with van der Waals surface area (Å²) < 4.78 is 7.92. The number of carbonyl (C=O) groups is 1. The first-order chi connectivity index (χ1) is 11.6. The van der Waals surface area contributed by atoms with Crippen LogP contribution in [0.1, 0.15) is 12.5 Å². The third-order valence-corrected chi connectivity index (χ3v) is 4.77. The average molecular weight is 342 g/mol. The number of hydrogen-bond donors (Lipinski definition) is 1. The highest BCUT2D eigenvalue weighted by molar-refractivity contribution is 7.16. The molecule has 0 aliphatic rings. The van der Waals surface area contributed by atoms with Gasteiger partial charge < -0.3 is 14.6 Å². The largest absolute Gasteiger partial charge is 0.484 e. The van der Waals surface area contributed by atoms with E-state index >= 15 is 0 Å². The predicted molar refractivity (Wildman–Crippen MR) is 97.0 cm³/mol. The SMILES string of the molecule is CCc1ccc(OCC(=O)Nc2ccc3c(c2)sc(=O)n3C)cc1. The normalized spacial score (nSPS) is 10.8. The summed E-state index contributed by atoms with van der Waals surface area (Å²) in [5, 5.41) is 2.79. The summed E-state index contributed by atoms with van der Waals surface area (Å²) in [5.41, 5.74) is 2.73. The summed E-state index contributed by atoms with van der Waals surface area (Å²) in [6.07, 6.45) is 0.967. The Labute approximate surface area is 143 Å². The van der Waals surface area contributed by atoms with Gasteiger partial charge in [0.05, 0.1) is 10.2 Å². The van der Waals surface area contributed by atoms with Gasteiger partial charge in [-0.1, -0.05) is 30.4 Å². The highest BCUT2D eigenvalue weighted by Crippen LogP contribution is 2.21. The number of ether oxygens (including phenoxy) is 1. The number of benzene rings is 2. The molecule has 1 N–H and O–H groups in total. The zero-order chi connectivity index (χ0) is 17.1. The van der Waals surface area contributed by atoms with Crippen LogP contribution in [0.25, 0.3) is 10.2 Å². The summed E-state index contributed by atoms with van der Waals surface area (Å²) >= 11 is 1.16. The van der Waals surface area contributed by atoms with Gasteiger partial charge in [-0.3, -0.25) is 9.59 Å². The van der Waals surface area contributed by atoms with Gasteiger partial charge in [0.2, 0.25) is 0 Å². The molecule has 0 radical (unpaired) electrons. The molecule has 0 atom stereocenters. The minimum Gasteiger partial charge on any atom is -0.484 e. The number of anilines is 1. The van der Waals surface area contributed by atoms with Gasteiger partial charge in [-0.15, -0.1) is 0 Å². The Morgan fingerprint density at radius 3 is 2.67 bits per heavy atom. The summed E-state index contributed by atoms with van der Waals surface area (Å²) in [7, 11) is 1.73. The first kappa shape index (κ1) is 16.3. The van der Waals surface area contributed by atoms with Crippen molar-refractivity contribution in [2.75, 3.05) is 11.9 Å². The Balaban J connectivity index is 1.62. The molecule has 0 spiro atoms. The molecule has 0 fully saturated rings. The smallest absolute Gasteiger partial charge is 0.307 e. The fourth-order valence-electron chi connectivity index (χ4n) is 2.38. The van der Waals surface area contributed by atoms with E-state index in [1.165, 1.54) is 5.56 Å². The fraction of sp³-hybridized carbons (Fsp3) is 0.222. The van der Waals surface area contributed by atoms with Crippen LogP contribution < -0.4 is 14.9 Å². The van der Waals surface area contributed by atoms with Gasteiger partial charge in [0.1, 0.15) is 5.75 Å². The molecule has 1 amide bonds. The monoisotopic (exact) mass is 342 g/mol. The van der Waals surface area contributed by atoms with Crippen LogP contribution in [-0.4, -0.2) is 17.1 Å². The van der Waals surface area contributed by atoms with Crippen molar-refractivity contribution in [3.8, 4) is 5.75 Å². The van der Waals surface area contributed by atoms with Crippen LogP contribution in [0, 0.1) is 0 Å². The van der Waals surface area contributed by atoms with E-state index in [1.54, 1.807) is 23.7 Å². The van der Waals surface area contributed by atoms with Crippen molar-refractivity contribution in [3.63, 3.8) is 0 Å². The molecular formula is C18H18N2O3S. The van der Waals surface area contributed by atoms with E-state index in [4.69, 9.17) is 4.74 Å². The number of nitrogens with one attached hydrogen (secondary N) is 1. The van der Waals surface area contributed by atoms with Gasteiger partial charge in [0.25, 0.3) is 5.91 Å². The third-order valence-electron chi connectivity index (χ3n) is 3.78. The van der Waals surface area contributed by atoms with Gasteiger partial charge in [-0.05, 0) is 42.3 Å². The number of aromatic nitrogens is 1. The van der Waals surface area contributed by atoms with Gasteiger partial charge in [-0.25, -0.2) is 0 Å². The van der Waals surface area contributed by atoms with Crippen molar-refractivity contribution in [1.82, 2.24) is 4.57 Å². The topological polar surface area (TPSA) is 60.3 Å². The van der Waals surface area contributed by atoms with Crippen LogP contribution in [-0.2, 0) is 18.3 Å². The number of nitrogens with zero attached hydrogens (tertiary/aromatic N) is 1. The predicted octanol–water partition coefficient (Wildman–Crippen LogP) is 3.18. The van der Waals surface area contributed by atoms with Crippen LogP contribution in [0.3, 0.4) is 0 Å². The zero-order valence-corrected chi connectivity index (χ0v) is 14.4. The average Bonchev–Trinajstić information content (AvgIpc) is 2.87. The molecule has 0 unspecified atom stereocenters. The Bertz CT molecular complexity index is 926. The van der Waals surface area contributed by atoms with Crippen LogP contribution >= 0.6 is 11.3 Å². The molecule has 5 nitrogen and oxygen atoms in total. The van der Waals surface area contributed by atoms with Crippen molar-refractivity contribution >= 4 is 33.1 Å². The van der Waals surface area contributed by atoms with Crippen LogP contribution in [0.15, 0.2) is 47.3 Å². The second-order valence-corrected chi connectivity index (χ2v) is 6.44. The first-order valence-corrected chi connectivity index (χ1v) is 8.49. The van der Waals surface area contributed by atoms with E-state index in [2.05, 4.69) is 12.2 Å². The van der Waals surface area contributed by atoms with Crippen molar-refractivity contribution < 1.29 is 9.53 Å². The lowest BCUT2D eigenvalue weighted by Gasteiger charge is -2.08. The number of amides is 1. The maximum Gasteiger partial charge on any atom is 0.307 e. The van der Waals surface area contributed by atoms with Crippen molar-refractivity contribution in [2.45, 2.75) is 13.3 Å². The molecule has 0 aliphatic heterocycles. The van der Waals surface area contributed by atoms with Gasteiger partial charge in [0.15, 0.2) is 6.61 Å². The first-order valence-electron chi connectivity index (χ1n) is 7.68. The molecule has 3 rings (SSSR count). The van der Waals surface area contributed by atoms with E-state index in [1.807, 2.05) is 30.3 Å². The molecule has 0 saturated heterocycles. The third kappa shape index (κ3) is 3.49. The summed E-state index contributed by atoms with van der Waals surface area (Å²) in [5.74, 6) is 0.427. The van der Waals surface area contributed by atoms with Crippen molar-refractivity contribution in [1.29, 1.82) is 0 Å². The van der Waals surface area contributed by atoms with Crippen LogP contribution in [0.5, 0.6) is 5.75 Å². The van der Waals surface area contributed by atoms with Gasteiger partial charge in [-0.2, -0.15) is 0 Å². The lowest BCUT2D eigenvalue weighted by atomic mass is 10.2.